The lowest BCUT2D eigenvalue weighted by atomic mass is 10.1. The average Bonchev–Trinajstić information content (AvgIpc) is 3.11. The number of carbonyl (C=O) groups excluding carboxylic acids is 1. The van der Waals surface area contributed by atoms with E-state index >= 15 is 0 Å². The van der Waals surface area contributed by atoms with Gasteiger partial charge in [0, 0.05) is 12.4 Å². The molecule has 4 aromatic rings. The van der Waals surface area contributed by atoms with E-state index in [1.54, 1.807) is 42.8 Å². The Labute approximate surface area is 150 Å². The number of fused-ring (bicyclic) bond motifs is 2. The second-order valence-corrected chi connectivity index (χ2v) is 6.67. The molecule has 2 N–H and O–H groups in total. The van der Waals surface area contributed by atoms with Crippen LogP contribution in [0.15, 0.2) is 45.3 Å². The van der Waals surface area contributed by atoms with E-state index < -0.39 is 0 Å². The molecule has 4 rings (SSSR count). The van der Waals surface area contributed by atoms with Gasteiger partial charge in [0.1, 0.15) is 10.5 Å². The molecule has 0 spiro atoms. The van der Waals surface area contributed by atoms with Gasteiger partial charge in [0.2, 0.25) is 0 Å². The maximum Gasteiger partial charge on any atom is 0.275 e. The predicted octanol–water partition coefficient (Wildman–Crippen LogP) is 1.49. The van der Waals surface area contributed by atoms with Gasteiger partial charge in [-0.25, -0.2) is 10.1 Å². The van der Waals surface area contributed by atoms with Crippen molar-refractivity contribution < 1.29 is 4.79 Å². The summed E-state index contributed by atoms with van der Waals surface area (Å²) in [6.45, 7) is 0.106. The van der Waals surface area contributed by atoms with Crippen molar-refractivity contribution in [2.24, 2.45) is 0 Å². The standard InChI is InChI=1S/C17H13N5O3S/c1-22(8-12-18-11-6-7-26-14(11)16(24)19-12)17(25)13-9-4-2-3-5-10(9)15(23)21-20-13/h2-7H,8H2,1H3,(H,21,23)(H,18,19,24). The number of thiophene rings is 1. The summed E-state index contributed by atoms with van der Waals surface area (Å²) < 4.78 is 0.552. The summed E-state index contributed by atoms with van der Waals surface area (Å²) in [5.41, 5.74) is 0.158. The number of amides is 1. The van der Waals surface area contributed by atoms with Gasteiger partial charge in [-0.05, 0) is 17.5 Å². The third kappa shape index (κ3) is 2.68. The molecule has 0 aliphatic rings. The van der Waals surface area contributed by atoms with Crippen LogP contribution in [0.4, 0.5) is 0 Å². The molecule has 0 aliphatic heterocycles. The molecule has 3 heterocycles. The van der Waals surface area contributed by atoms with E-state index in [2.05, 4.69) is 20.2 Å². The van der Waals surface area contributed by atoms with Crippen molar-refractivity contribution in [3.05, 3.63) is 67.9 Å². The zero-order valence-corrected chi connectivity index (χ0v) is 14.5. The summed E-state index contributed by atoms with van der Waals surface area (Å²) in [6.07, 6.45) is 0. The van der Waals surface area contributed by atoms with E-state index in [4.69, 9.17) is 0 Å². The molecule has 9 heteroatoms. The molecule has 1 aromatic carbocycles. The number of hydrogen-bond acceptors (Lipinski definition) is 6. The van der Waals surface area contributed by atoms with Gasteiger partial charge in [-0.2, -0.15) is 5.10 Å². The molecule has 1 amide bonds. The van der Waals surface area contributed by atoms with Crippen LogP contribution in [0, 0.1) is 0 Å². The summed E-state index contributed by atoms with van der Waals surface area (Å²) >= 11 is 1.32. The highest BCUT2D eigenvalue weighted by Crippen LogP contribution is 2.16. The predicted molar refractivity (Wildman–Crippen MR) is 98.4 cm³/mol. The number of H-pyrrole nitrogens is 2. The van der Waals surface area contributed by atoms with Crippen LogP contribution in [0.2, 0.25) is 0 Å². The number of rotatable bonds is 3. The fourth-order valence-electron chi connectivity index (χ4n) is 2.75. The Morgan fingerprint density at radius 2 is 1.92 bits per heavy atom. The first-order valence-corrected chi connectivity index (χ1v) is 8.62. The fraction of sp³-hybridized carbons (Fsp3) is 0.118. The summed E-state index contributed by atoms with van der Waals surface area (Å²) in [5, 5.41) is 8.92. The van der Waals surface area contributed by atoms with Gasteiger partial charge in [-0.15, -0.1) is 11.3 Å². The molecular formula is C17H13N5O3S. The van der Waals surface area contributed by atoms with Gasteiger partial charge < -0.3 is 9.88 Å². The summed E-state index contributed by atoms with van der Waals surface area (Å²) in [6, 6.07) is 8.54. The maximum atomic E-state index is 12.8. The van der Waals surface area contributed by atoms with E-state index in [0.717, 1.165) is 0 Å². The van der Waals surface area contributed by atoms with Crippen LogP contribution in [0.5, 0.6) is 0 Å². The van der Waals surface area contributed by atoms with Crippen LogP contribution < -0.4 is 11.1 Å². The normalized spacial score (nSPS) is 11.1. The van der Waals surface area contributed by atoms with Gasteiger partial charge in [-0.3, -0.25) is 14.4 Å². The first-order chi connectivity index (χ1) is 12.5. The second kappa shape index (κ2) is 6.19. The largest absolute Gasteiger partial charge is 0.333 e. The summed E-state index contributed by atoms with van der Waals surface area (Å²) in [4.78, 5) is 45.2. The molecule has 0 fully saturated rings. The minimum Gasteiger partial charge on any atom is -0.333 e. The van der Waals surface area contributed by atoms with Gasteiger partial charge in [0.25, 0.3) is 17.0 Å². The molecule has 26 heavy (non-hydrogen) atoms. The van der Waals surface area contributed by atoms with Crippen molar-refractivity contribution in [2.45, 2.75) is 6.54 Å². The number of aromatic nitrogens is 4. The average molecular weight is 367 g/mol. The van der Waals surface area contributed by atoms with Crippen LogP contribution in [0.25, 0.3) is 21.0 Å². The molecule has 130 valence electrons. The fourth-order valence-corrected chi connectivity index (χ4v) is 3.48. The smallest absolute Gasteiger partial charge is 0.275 e. The first-order valence-electron chi connectivity index (χ1n) is 7.74. The Hall–Kier alpha value is -3.33. The van der Waals surface area contributed by atoms with Gasteiger partial charge >= 0.3 is 0 Å². The Morgan fingerprint density at radius 1 is 1.15 bits per heavy atom. The quantitative estimate of drug-likeness (QED) is 0.570. The monoisotopic (exact) mass is 367 g/mol. The number of carbonyl (C=O) groups is 1. The molecule has 0 aliphatic carbocycles. The Kier molecular flexibility index (Phi) is 3.85. The number of nitrogens with one attached hydrogen (secondary N) is 2. The molecule has 0 saturated carbocycles. The molecule has 3 aromatic heterocycles. The van der Waals surface area contributed by atoms with E-state index in [0.29, 0.717) is 26.8 Å². The zero-order valence-electron chi connectivity index (χ0n) is 13.6. The van der Waals surface area contributed by atoms with Crippen LogP contribution in [0.1, 0.15) is 16.3 Å². The van der Waals surface area contributed by atoms with Crippen LogP contribution in [0.3, 0.4) is 0 Å². The number of hydrogen-bond donors (Lipinski definition) is 2. The van der Waals surface area contributed by atoms with Crippen molar-refractivity contribution in [3.8, 4) is 0 Å². The summed E-state index contributed by atoms with van der Waals surface area (Å²) in [7, 11) is 1.59. The van der Waals surface area contributed by atoms with E-state index in [9.17, 15) is 14.4 Å². The van der Waals surface area contributed by atoms with Crippen LogP contribution in [-0.2, 0) is 6.54 Å². The van der Waals surface area contributed by atoms with Crippen LogP contribution in [-0.4, -0.2) is 38.0 Å². The van der Waals surface area contributed by atoms with Gasteiger partial charge in [-0.1, -0.05) is 18.2 Å². The summed E-state index contributed by atoms with van der Waals surface area (Å²) in [5.74, 6) is -0.00371. The lowest BCUT2D eigenvalue weighted by molar-refractivity contribution is 0.0776. The topological polar surface area (TPSA) is 112 Å². The van der Waals surface area contributed by atoms with Crippen molar-refractivity contribution in [2.75, 3.05) is 7.05 Å². The molecule has 0 bridgehead atoms. The lowest BCUT2D eigenvalue weighted by Crippen LogP contribution is -2.30. The van der Waals surface area contributed by atoms with E-state index in [1.165, 1.54) is 16.2 Å². The van der Waals surface area contributed by atoms with Gasteiger partial charge in [0.15, 0.2) is 5.69 Å². The zero-order chi connectivity index (χ0) is 18.3. The maximum absolute atomic E-state index is 12.8. The minimum atomic E-state index is -0.384. The molecule has 0 atom stereocenters. The third-order valence-electron chi connectivity index (χ3n) is 4.00. The van der Waals surface area contributed by atoms with Gasteiger partial charge in [0.05, 0.1) is 17.4 Å². The molecule has 0 unspecified atom stereocenters. The minimum absolute atomic E-state index is 0.106. The Bertz CT molecular complexity index is 1260. The highest BCUT2D eigenvalue weighted by molar-refractivity contribution is 7.17. The molecule has 0 radical (unpaired) electrons. The number of aromatic amines is 2. The second-order valence-electron chi connectivity index (χ2n) is 5.76. The van der Waals surface area contributed by atoms with E-state index in [1.807, 2.05) is 0 Å². The highest BCUT2D eigenvalue weighted by atomic mass is 32.1. The van der Waals surface area contributed by atoms with Crippen molar-refractivity contribution in [1.29, 1.82) is 0 Å². The van der Waals surface area contributed by atoms with Crippen molar-refractivity contribution >= 4 is 38.2 Å². The van der Waals surface area contributed by atoms with Crippen molar-refractivity contribution in [3.63, 3.8) is 0 Å². The first kappa shape index (κ1) is 16.2. The molecule has 0 saturated heterocycles. The number of nitrogens with zero attached hydrogens (tertiary/aromatic N) is 3. The van der Waals surface area contributed by atoms with Crippen molar-refractivity contribution in [1.82, 2.24) is 25.1 Å². The Balaban J connectivity index is 1.69. The SMILES string of the molecule is CN(Cc1nc2ccsc2c(=O)[nH]1)C(=O)c1n[nH]c(=O)c2ccccc12. The molecular weight excluding hydrogens is 354 g/mol. The Morgan fingerprint density at radius 3 is 2.73 bits per heavy atom. The number of benzene rings is 1. The third-order valence-corrected chi connectivity index (χ3v) is 4.90. The van der Waals surface area contributed by atoms with Crippen LogP contribution >= 0.6 is 11.3 Å². The molecule has 8 nitrogen and oxygen atoms in total. The lowest BCUT2D eigenvalue weighted by Gasteiger charge is -2.16. The highest BCUT2D eigenvalue weighted by Gasteiger charge is 2.19. The van der Waals surface area contributed by atoms with E-state index in [-0.39, 0.29) is 29.3 Å².